The lowest BCUT2D eigenvalue weighted by molar-refractivity contribution is -0.00188. The summed E-state index contributed by atoms with van der Waals surface area (Å²) in [5.74, 6) is 0. The van der Waals surface area contributed by atoms with Gasteiger partial charge in [0.15, 0.2) is 0 Å². The third kappa shape index (κ3) is 2.60. The Balaban J connectivity index is 1.98. The van der Waals surface area contributed by atoms with Crippen LogP contribution in [0.25, 0.3) is 0 Å². The molecule has 0 amide bonds. The van der Waals surface area contributed by atoms with Gasteiger partial charge in [0.25, 0.3) is 0 Å². The van der Waals surface area contributed by atoms with Crippen LogP contribution in [0.1, 0.15) is 58.8 Å². The molecule has 1 saturated carbocycles. The zero-order valence-corrected chi connectivity index (χ0v) is 10.9. The monoisotopic (exact) mass is 225 g/mol. The van der Waals surface area contributed by atoms with Gasteiger partial charge in [0.2, 0.25) is 0 Å². The first kappa shape index (κ1) is 12.4. The van der Waals surface area contributed by atoms with Crippen molar-refractivity contribution in [3.63, 3.8) is 0 Å². The lowest BCUT2D eigenvalue weighted by Gasteiger charge is -2.26. The maximum absolute atomic E-state index is 6.22. The van der Waals surface area contributed by atoms with Gasteiger partial charge in [-0.1, -0.05) is 33.1 Å². The second kappa shape index (κ2) is 5.50. The van der Waals surface area contributed by atoms with E-state index in [-0.39, 0.29) is 0 Å². The maximum Gasteiger partial charge on any atom is 0.0728 e. The van der Waals surface area contributed by atoms with Crippen LogP contribution in [0, 0.1) is 5.41 Å². The Bertz CT molecular complexity index is 211. The minimum Gasteiger partial charge on any atom is -0.376 e. The van der Waals surface area contributed by atoms with Gasteiger partial charge >= 0.3 is 0 Å². The quantitative estimate of drug-likeness (QED) is 0.797. The highest BCUT2D eigenvalue weighted by atomic mass is 16.5. The lowest BCUT2D eigenvalue weighted by atomic mass is 9.87. The van der Waals surface area contributed by atoms with E-state index in [0.29, 0.717) is 17.6 Å². The van der Waals surface area contributed by atoms with Crippen molar-refractivity contribution >= 4 is 0 Å². The number of ether oxygens (including phenoxy) is 1. The first-order valence-corrected chi connectivity index (χ1v) is 7.14. The third-order valence-corrected chi connectivity index (χ3v) is 4.47. The van der Waals surface area contributed by atoms with Crippen molar-refractivity contribution in [2.24, 2.45) is 5.41 Å². The van der Waals surface area contributed by atoms with Crippen LogP contribution in [0.4, 0.5) is 0 Å². The Morgan fingerprint density at radius 1 is 1.25 bits per heavy atom. The van der Waals surface area contributed by atoms with Gasteiger partial charge in [0.1, 0.15) is 0 Å². The van der Waals surface area contributed by atoms with Crippen molar-refractivity contribution in [3.05, 3.63) is 0 Å². The molecular weight excluding hydrogens is 198 g/mol. The van der Waals surface area contributed by atoms with Gasteiger partial charge in [-0.3, -0.25) is 0 Å². The molecule has 1 aliphatic heterocycles. The molecule has 1 saturated heterocycles. The summed E-state index contributed by atoms with van der Waals surface area (Å²) in [5, 5.41) is 3.77. The highest BCUT2D eigenvalue weighted by Crippen LogP contribution is 2.39. The molecule has 2 aliphatic rings. The van der Waals surface area contributed by atoms with E-state index in [4.69, 9.17) is 4.74 Å². The van der Waals surface area contributed by atoms with Gasteiger partial charge in [0.05, 0.1) is 12.7 Å². The van der Waals surface area contributed by atoms with E-state index in [1.807, 2.05) is 0 Å². The molecule has 1 aliphatic carbocycles. The van der Waals surface area contributed by atoms with E-state index in [1.54, 1.807) is 0 Å². The molecule has 0 aromatic carbocycles. The van der Waals surface area contributed by atoms with Crippen LogP contribution >= 0.6 is 0 Å². The molecule has 2 nitrogen and oxygen atoms in total. The van der Waals surface area contributed by atoms with Crippen LogP contribution in [0.5, 0.6) is 0 Å². The molecule has 0 aromatic rings. The van der Waals surface area contributed by atoms with Crippen molar-refractivity contribution in [3.8, 4) is 0 Å². The summed E-state index contributed by atoms with van der Waals surface area (Å²) in [6, 6.07) is 0.583. The van der Waals surface area contributed by atoms with Crippen LogP contribution in [-0.2, 0) is 4.74 Å². The topological polar surface area (TPSA) is 21.3 Å². The Labute approximate surface area is 100 Å². The second-order valence-electron chi connectivity index (χ2n) is 5.74. The summed E-state index contributed by atoms with van der Waals surface area (Å²) >= 11 is 0. The molecule has 1 heterocycles. The number of nitrogens with one attached hydrogen (secondary N) is 1. The van der Waals surface area contributed by atoms with E-state index in [9.17, 15) is 0 Å². The highest BCUT2D eigenvalue weighted by molar-refractivity contribution is 4.92. The fourth-order valence-electron chi connectivity index (χ4n) is 3.35. The van der Waals surface area contributed by atoms with Crippen LogP contribution in [0.2, 0.25) is 0 Å². The Morgan fingerprint density at radius 3 is 2.62 bits per heavy atom. The fraction of sp³-hybridized carbons (Fsp3) is 1.00. The second-order valence-corrected chi connectivity index (χ2v) is 5.74. The van der Waals surface area contributed by atoms with Gasteiger partial charge in [-0.15, -0.1) is 0 Å². The zero-order chi connectivity index (χ0) is 11.4. The van der Waals surface area contributed by atoms with E-state index in [2.05, 4.69) is 19.2 Å². The van der Waals surface area contributed by atoms with Gasteiger partial charge in [0, 0.05) is 18.0 Å². The number of hydrogen-bond donors (Lipinski definition) is 1. The molecule has 16 heavy (non-hydrogen) atoms. The van der Waals surface area contributed by atoms with Gasteiger partial charge in [-0.05, 0) is 25.7 Å². The number of rotatable bonds is 3. The molecule has 94 valence electrons. The molecule has 2 fully saturated rings. The first-order valence-electron chi connectivity index (χ1n) is 7.14. The zero-order valence-electron chi connectivity index (χ0n) is 10.9. The predicted molar refractivity (Wildman–Crippen MR) is 67.6 cm³/mol. The summed E-state index contributed by atoms with van der Waals surface area (Å²) in [6.07, 6.45) is 9.64. The Hall–Kier alpha value is -0.0800. The van der Waals surface area contributed by atoms with Crippen molar-refractivity contribution < 1.29 is 4.74 Å². The molecule has 2 atom stereocenters. The molecule has 2 rings (SSSR count). The predicted octanol–water partition coefficient (Wildman–Crippen LogP) is 3.11. The van der Waals surface area contributed by atoms with Gasteiger partial charge < -0.3 is 10.1 Å². The van der Waals surface area contributed by atoms with Gasteiger partial charge in [-0.25, -0.2) is 0 Å². The molecule has 1 N–H and O–H groups in total. The highest BCUT2D eigenvalue weighted by Gasteiger charge is 2.38. The molecule has 0 radical (unpaired) electrons. The largest absolute Gasteiger partial charge is 0.376 e. The third-order valence-electron chi connectivity index (χ3n) is 4.47. The minimum atomic E-state index is 0.454. The van der Waals surface area contributed by atoms with E-state index in [1.165, 1.54) is 51.5 Å². The number of hydrogen-bond acceptors (Lipinski definition) is 2. The smallest absolute Gasteiger partial charge is 0.0728 e. The average Bonchev–Trinajstić information content (AvgIpc) is 2.68. The minimum absolute atomic E-state index is 0.454. The molecular formula is C14H27NO. The fourth-order valence-corrected chi connectivity index (χ4v) is 3.35. The summed E-state index contributed by atoms with van der Waals surface area (Å²) < 4.78 is 6.22. The molecule has 2 heteroatoms. The van der Waals surface area contributed by atoms with E-state index < -0.39 is 0 Å². The summed E-state index contributed by atoms with van der Waals surface area (Å²) in [5.41, 5.74) is 0.482. The van der Waals surface area contributed by atoms with Crippen LogP contribution in [0.15, 0.2) is 0 Å². The molecule has 0 bridgehead atoms. The van der Waals surface area contributed by atoms with E-state index in [0.717, 1.165) is 6.61 Å². The molecule has 1 spiro atoms. The molecule has 2 unspecified atom stereocenters. The average molecular weight is 225 g/mol. The molecule has 0 aromatic heterocycles. The normalized spacial score (nSPS) is 34.1. The lowest BCUT2D eigenvalue weighted by Crippen LogP contribution is -2.40. The SMILES string of the molecule is CCCC1OCC2(CCCC2)CNC1CC. The Kier molecular flexibility index (Phi) is 4.26. The maximum atomic E-state index is 6.22. The first-order chi connectivity index (χ1) is 7.79. The van der Waals surface area contributed by atoms with E-state index >= 15 is 0 Å². The Morgan fingerprint density at radius 2 is 2.00 bits per heavy atom. The van der Waals surface area contributed by atoms with Crippen molar-refractivity contribution in [2.75, 3.05) is 13.2 Å². The standard InChI is InChI=1S/C14H27NO/c1-3-7-13-12(4-2)15-10-14(11-16-13)8-5-6-9-14/h12-13,15H,3-11H2,1-2H3. The van der Waals surface area contributed by atoms with Crippen LogP contribution in [0.3, 0.4) is 0 Å². The van der Waals surface area contributed by atoms with Crippen molar-refractivity contribution in [2.45, 2.75) is 70.9 Å². The van der Waals surface area contributed by atoms with Crippen molar-refractivity contribution in [1.82, 2.24) is 5.32 Å². The van der Waals surface area contributed by atoms with Crippen LogP contribution in [-0.4, -0.2) is 25.3 Å². The van der Waals surface area contributed by atoms with Gasteiger partial charge in [-0.2, -0.15) is 0 Å². The summed E-state index contributed by atoms with van der Waals surface area (Å²) in [4.78, 5) is 0. The van der Waals surface area contributed by atoms with Crippen molar-refractivity contribution in [1.29, 1.82) is 0 Å². The summed E-state index contributed by atoms with van der Waals surface area (Å²) in [6.45, 7) is 6.72. The van der Waals surface area contributed by atoms with Crippen LogP contribution < -0.4 is 5.32 Å². The summed E-state index contributed by atoms with van der Waals surface area (Å²) in [7, 11) is 0.